The summed E-state index contributed by atoms with van der Waals surface area (Å²) < 4.78 is 11.3. The van der Waals surface area contributed by atoms with Crippen LogP contribution >= 0.6 is 24.0 Å². The number of aliphatic imine (C=N–C) groups is 1. The van der Waals surface area contributed by atoms with Gasteiger partial charge < -0.3 is 25.0 Å². The number of halogens is 1. The van der Waals surface area contributed by atoms with Gasteiger partial charge in [0.1, 0.15) is 0 Å². The summed E-state index contributed by atoms with van der Waals surface area (Å²) in [5.41, 5.74) is 2.54. The van der Waals surface area contributed by atoms with Crippen molar-refractivity contribution in [1.82, 2.24) is 15.5 Å². The quantitative estimate of drug-likeness (QED) is 0.210. The van der Waals surface area contributed by atoms with Crippen LogP contribution in [0.3, 0.4) is 0 Å². The fourth-order valence-electron chi connectivity index (χ4n) is 3.08. The number of rotatable bonds is 11. The average molecular weight is 504 g/mol. The molecule has 1 saturated heterocycles. The summed E-state index contributed by atoms with van der Waals surface area (Å²) in [6, 6.07) is 8.62. The number of guanidine groups is 1. The van der Waals surface area contributed by atoms with Crippen LogP contribution in [0.4, 0.5) is 0 Å². The normalized spacial score (nSPS) is 16.9. The molecule has 0 amide bonds. The molecular weight excluding hydrogens is 467 g/mol. The molecule has 0 aliphatic carbocycles. The second-order valence-corrected chi connectivity index (χ2v) is 7.24. The Bertz CT molecular complexity index is 563. The number of nitrogens with zero attached hydrogens (tertiary/aromatic N) is 2. The van der Waals surface area contributed by atoms with E-state index in [1.165, 1.54) is 11.1 Å². The van der Waals surface area contributed by atoms with Crippen molar-refractivity contribution in [2.45, 2.75) is 45.4 Å². The highest BCUT2D eigenvalue weighted by Gasteiger charge is 2.14. The first-order chi connectivity index (χ1) is 13.2. The molecule has 1 aliphatic rings. The highest BCUT2D eigenvalue weighted by Crippen LogP contribution is 2.12. The Morgan fingerprint density at radius 3 is 2.82 bits per heavy atom. The van der Waals surface area contributed by atoms with Crippen molar-refractivity contribution in [1.29, 1.82) is 0 Å². The van der Waals surface area contributed by atoms with Gasteiger partial charge in [-0.2, -0.15) is 0 Å². The van der Waals surface area contributed by atoms with Crippen molar-refractivity contribution < 1.29 is 9.47 Å². The smallest absolute Gasteiger partial charge is 0.191 e. The van der Waals surface area contributed by atoms with E-state index in [-0.39, 0.29) is 24.0 Å². The molecule has 2 N–H and O–H groups in total. The van der Waals surface area contributed by atoms with Gasteiger partial charge in [-0.05, 0) is 51.4 Å². The van der Waals surface area contributed by atoms with E-state index in [2.05, 4.69) is 60.8 Å². The predicted octanol–water partition coefficient (Wildman–Crippen LogP) is 3.01. The first-order valence-corrected chi connectivity index (χ1v) is 10.1. The van der Waals surface area contributed by atoms with E-state index in [1.54, 1.807) is 0 Å². The van der Waals surface area contributed by atoms with Gasteiger partial charge in [0, 0.05) is 32.8 Å². The summed E-state index contributed by atoms with van der Waals surface area (Å²) >= 11 is 0. The van der Waals surface area contributed by atoms with Gasteiger partial charge >= 0.3 is 0 Å². The van der Waals surface area contributed by atoms with E-state index >= 15 is 0 Å². The molecule has 1 heterocycles. The Balaban J connectivity index is 0.00000392. The minimum atomic E-state index is 0. The molecule has 7 heteroatoms. The third-order valence-corrected chi connectivity index (χ3v) is 4.34. The maximum atomic E-state index is 5.70. The molecule has 1 aromatic carbocycles. The predicted molar refractivity (Wildman–Crippen MR) is 126 cm³/mol. The van der Waals surface area contributed by atoms with Gasteiger partial charge in [-0.25, -0.2) is 4.99 Å². The highest BCUT2D eigenvalue weighted by molar-refractivity contribution is 14.0. The average Bonchev–Trinajstić information content (AvgIpc) is 3.15. The number of hydrogen-bond donors (Lipinski definition) is 2. The minimum Gasteiger partial charge on any atom is -0.379 e. The van der Waals surface area contributed by atoms with Crippen molar-refractivity contribution in [2.24, 2.45) is 4.99 Å². The lowest BCUT2D eigenvalue weighted by Crippen LogP contribution is -2.38. The molecule has 1 unspecified atom stereocenters. The van der Waals surface area contributed by atoms with Crippen LogP contribution in [0.2, 0.25) is 0 Å². The van der Waals surface area contributed by atoms with Gasteiger partial charge in [-0.3, -0.25) is 0 Å². The molecule has 160 valence electrons. The molecule has 0 bridgehead atoms. The van der Waals surface area contributed by atoms with Crippen LogP contribution in [0.1, 0.15) is 37.3 Å². The van der Waals surface area contributed by atoms with E-state index in [1.807, 2.05) is 0 Å². The van der Waals surface area contributed by atoms with E-state index in [0.29, 0.717) is 12.6 Å². The topological polar surface area (TPSA) is 58.1 Å². The molecule has 1 aromatic rings. The van der Waals surface area contributed by atoms with Crippen LogP contribution in [-0.4, -0.2) is 64.0 Å². The zero-order valence-corrected chi connectivity index (χ0v) is 19.9. The SMILES string of the molecule is CCNC(=NCc1cccc(CN(C)C)c1)NCCCOCC1CCCO1.I. The molecule has 1 atom stereocenters. The third-order valence-electron chi connectivity index (χ3n) is 4.34. The second kappa shape index (κ2) is 15.0. The lowest BCUT2D eigenvalue weighted by molar-refractivity contribution is 0.0168. The Morgan fingerprint density at radius 1 is 1.29 bits per heavy atom. The Morgan fingerprint density at radius 2 is 2.11 bits per heavy atom. The second-order valence-electron chi connectivity index (χ2n) is 7.24. The summed E-state index contributed by atoms with van der Waals surface area (Å²) in [7, 11) is 4.17. The summed E-state index contributed by atoms with van der Waals surface area (Å²) in [5.74, 6) is 0.856. The maximum Gasteiger partial charge on any atom is 0.191 e. The van der Waals surface area contributed by atoms with Gasteiger partial charge in [0.25, 0.3) is 0 Å². The summed E-state index contributed by atoms with van der Waals surface area (Å²) in [4.78, 5) is 6.88. The van der Waals surface area contributed by atoms with Gasteiger partial charge in [-0.15, -0.1) is 24.0 Å². The van der Waals surface area contributed by atoms with Gasteiger partial charge in [0.15, 0.2) is 5.96 Å². The third kappa shape index (κ3) is 10.6. The van der Waals surface area contributed by atoms with Crippen molar-refractivity contribution >= 4 is 29.9 Å². The van der Waals surface area contributed by atoms with E-state index < -0.39 is 0 Å². The largest absolute Gasteiger partial charge is 0.379 e. The van der Waals surface area contributed by atoms with Crippen molar-refractivity contribution in [3.63, 3.8) is 0 Å². The molecule has 0 aromatic heterocycles. The van der Waals surface area contributed by atoms with E-state index in [4.69, 9.17) is 14.5 Å². The van der Waals surface area contributed by atoms with Gasteiger partial charge in [-0.1, -0.05) is 24.3 Å². The molecule has 6 nitrogen and oxygen atoms in total. The first-order valence-electron chi connectivity index (χ1n) is 10.1. The van der Waals surface area contributed by atoms with Crippen LogP contribution in [-0.2, 0) is 22.6 Å². The zero-order valence-electron chi connectivity index (χ0n) is 17.6. The molecule has 1 fully saturated rings. The van der Waals surface area contributed by atoms with Crippen LogP contribution in [0, 0.1) is 0 Å². The standard InChI is InChI=1S/C21H36N4O2.HI/c1-4-22-21(23-11-7-12-26-17-20-10-6-13-27-20)24-15-18-8-5-9-19(14-18)16-25(2)3;/h5,8-9,14,20H,4,6-7,10-13,15-17H2,1-3H3,(H2,22,23,24);1H. The molecule has 0 saturated carbocycles. The number of nitrogens with one attached hydrogen (secondary N) is 2. The van der Waals surface area contributed by atoms with Crippen LogP contribution in [0.25, 0.3) is 0 Å². The Kier molecular flexibility index (Phi) is 13.5. The maximum absolute atomic E-state index is 5.70. The molecule has 0 radical (unpaired) electrons. The summed E-state index contributed by atoms with van der Waals surface area (Å²) in [6.07, 6.45) is 3.55. The zero-order chi connectivity index (χ0) is 19.3. The highest BCUT2D eigenvalue weighted by atomic mass is 127. The van der Waals surface area contributed by atoms with E-state index in [9.17, 15) is 0 Å². The van der Waals surface area contributed by atoms with Crippen LogP contribution in [0.5, 0.6) is 0 Å². The molecule has 1 aliphatic heterocycles. The van der Waals surface area contributed by atoms with Crippen LogP contribution in [0.15, 0.2) is 29.3 Å². The van der Waals surface area contributed by atoms with Gasteiger partial charge in [0.2, 0.25) is 0 Å². The number of hydrogen-bond acceptors (Lipinski definition) is 4. The van der Waals surface area contributed by atoms with E-state index in [0.717, 1.165) is 64.7 Å². The molecule has 28 heavy (non-hydrogen) atoms. The van der Waals surface area contributed by atoms with Gasteiger partial charge in [0.05, 0.1) is 19.3 Å². The Labute approximate surface area is 187 Å². The summed E-state index contributed by atoms with van der Waals surface area (Å²) in [5, 5.41) is 6.69. The summed E-state index contributed by atoms with van der Waals surface area (Å²) in [6.45, 7) is 7.75. The number of benzene rings is 1. The fraction of sp³-hybridized carbons (Fsp3) is 0.667. The fourth-order valence-corrected chi connectivity index (χ4v) is 3.08. The van der Waals surface area contributed by atoms with Crippen molar-refractivity contribution in [3.8, 4) is 0 Å². The molecular formula is C21H37IN4O2. The Hall–Kier alpha value is -0.900. The van der Waals surface area contributed by atoms with Crippen LogP contribution < -0.4 is 10.6 Å². The monoisotopic (exact) mass is 504 g/mol. The number of ether oxygens (including phenoxy) is 2. The first kappa shape index (κ1) is 25.1. The lowest BCUT2D eigenvalue weighted by atomic mass is 10.1. The molecule has 2 rings (SSSR count). The lowest BCUT2D eigenvalue weighted by Gasteiger charge is -2.13. The van der Waals surface area contributed by atoms with Crippen molar-refractivity contribution in [3.05, 3.63) is 35.4 Å². The van der Waals surface area contributed by atoms with Crippen molar-refractivity contribution in [2.75, 3.05) is 47.0 Å². The molecule has 0 spiro atoms. The minimum absolute atomic E-state index is 0.